The van der Waals surface area contributed by atoms with Gasteiger partial charge in [0.1, 0.15) is 5.52 Å². The van der Waals surface area contributed by atoms with Gasteiger partial charge in [-0.25, -0.2) is 4.52 Å². The molecule has 0 bridgehead atoms. The quantitative estimate of drug-likeness (QED) is 0.545. The second-order valence-corrected chi connectivity index (χ2v) is 7.69. The Hall–Kier alpha value is -3.71. The Bertz CT molecular complexity index is 1310. The maximum atomic E-state index is 13.2. The molecule has 0 atom stereocenters. The third kappa shape index (κ3) is 3.43. The smallest absolute Gasteiger partial charge is 0.277 e. The zero-order valence-electron chi connectivity index (χ0n) is 16.9. The molecule has 31 heavy (non-hydrogen) atoms. The number of nitrogens with zero attached hydrogens (tertiary/aromatic N) is 4. The summed E-state index contributed by atoms with van der Waals surface area (Å²) in [5, 5.41) is 14.5. The fraction of sp³-hybridized carbons (Fsp3) is 0.208. The first kappa shape index (κ1) is 19.3. The summed E-state index contributed by atoms with van der Waals surface area (Å²) in [5.41, 5.74) is 4.00. The number of hydrogen-bond acceptors (Lipinski definition) is 4. The minimum Gasteiger partial charge on any atom is -0.392 e. The first-order valence-corrected chi connectivity index (χ1v) is 10.3. The zero-order valence-corrected chi connectivity index (χ0v) is 16.9. The normalized spacial score (nSPS) is 14.0. The number of amides is 1. The summed E-state index contributed by atoms with van der Waals surface area (Å²) in [6.07, 6.45) is 4.93. The summed E-state index contributed by atoms with van der Waals surface area (Å²) >= 11 is 0. The highest BCUT2D eigenvalue weighted by molar-refractivity contribution is 5.95. The van der Waals surface area contributed by atoms with E-state index in [1.165, 1.54) is 4.52 Å². The van der Waals surface area contributed by atoms with Crippen LogP contribution in [-0.4, -0.2) is 31.7 Å². The summed E-state index contributed by atoms with van der Waals surface area (Å²) in [6.45, 7) is 0.870. The van der Waals surface area contributed by atoms with Gasteiger partial charge in [-0.2, -0.15) is 5.10 Å². The number of fused-ring (bicyclic) bond motifs is 1. The molecule has 1 amide bonds. The van der Waals surface area contributed by atoms with E-state index in [4.69, 9.17) is 0 Å². The van der Waals surface area contributed by atoms with Crippen molar-refractivity contribution in [2.24, 2.45) is 0 Å². The zero-order chi connectivity index (χ0) is 21.4. The minimum absolute atomic E-state index is 0.154. The van der Waals surface area contributed by atoms with E-state index >= 15 is 0 Å². The van der Waals surface area contributed by atoms with Crippen LogP contribution in [0.3, 0.4) is 0 Å². The molecule has 156 valence electrons. The lowest BCUT2D eigenvalue weighted by Gasteiger charge is -2.16. The van der Waals surface area contributed by atoms with E-state index in [9.17, 15) is 14.7 Å². The molecule has 3 heterocycles. The highest BCUT2D eigenvalue weighted by Crippen LogP contribution is 2.25. The van der Waals surface area contributed by atoms with E-state index < -0.39 is 0 Å². The Morgan fingerprint density at radius 2 is 1.74 bits per heavy atom. The Morgan fingerprint density at radius 3 is 2.42 bits per heavy atom. The molecule has 0 unspecified atom stereocenters. The Balaban J connectivity index is 1.49. The van der Waals surface area contributed by atoms with Crippen LogP contribution >= 0.6 is 0 Å². The van der Waals surface area contributed by atoms with Crippen LogP contribution in [0.25, 0.3) is 16.8 Å². The van der Waals surface area contributed by atoms with Crippen LogP contribution in [0, 0.1) is 0 Å². The van der Waals surface area contributed by atoms with Crippen molar-refractivity contribution < 1.29 is 9.90 Å². The molecule has 5 rings (SSSR count). The van der Waals surface area contributed by atoms with E-state index in [0.29, 0.717) is 29.7 Å². The Labute approximate surface area is 178 Å². The molecule has 1 fully saturated rings. The summed E-state index contributed by atoms with van der Waals surface area (Å²) < 4.78 is 3.15. The summed E-state index contributed by atoms with van der Waals surface area (Å²) in [4.78, 5) is 26.9. The SMILES string of the molecule is O=C1CCCN1c1ccc(Cn2ccn3nc(-c4ccccc4)c(CO)c3c2=O)cc1. The van der Waals surface area contributed by atoms with E-state index in [0.717, 1.165) is 29.8 Å². The van der Waals surface area contributed by atoms with Crippen molar-refractivity contribution in [2.75, 3.05) is 11.4 Å². The minimum atomic E-state index is -0.272. The average Bonchev–Trinajstić information content (AvgIpc) is 3.40. The molecule has 0 spiro atoms. The second kappa shape index (κ2) is 7.85. The first-order valence-electron chi connectivity index (χ1n) is 10.3. The van der Waals surface area contributed by atoms with Crippen molar-refractivity contribution >= 4 is 17.1 Å². The topological polar surface area (TPSA) is 79.8 Å². The first-order chi connectivity index (χ1) is 15.2. The largest absolute Gasteiger partial charge is 0.392 e. The van der Waals surface area contributed by atoms with Gasteiger partial charge in [0.2, 0.25) is 5.91 Å². The molecule has 1 aliphatic rings. The molecule has 2 aromatic heterocycles. The molecule has 0 radical (unpaired) electrons. The number of rotatable bonds is 5. The molecular formula is C24H22N4O3. The average molecular weight is 414 g/mol. The van der Waals surface area contributed by atoms with Gasteiger partial charge < -0.3 is 14.6 Å². The van der Waals surface area contributed by atoms with Gasteiger partial charge in [0.25, 0.3) is 5.56 Å². The van der Waals surface area contributed by atoms with Gasteiger partial charge in [-0.15, -0.1) is 0 Å². The maximum Gasteiger partial charge on any atom is 0.277 e. The Morgan fingerprint density at radius 1 is 0.968 bits per heavy atom. The van der Waals surface area contributed by atoms with Crippen LogP contribution < -0.4 is 10.5 Å². The van der Waals surface area contributed by atoms with Crippen LogP contribution in [0.2, 0.25) is 0 Å². The van der Waals surface area contributed by atoms with Gasteiger partial charge in [0.15, 0.2) is 0 Å². The molecule has 0 aliphatic carbocycles. The van der Waals surface area contributed by atoms with Gasteiger partial charge in [-0.1, -0.05) is 42.5 Å². The van der Waals surface area contributed by atoms with Gasteiger partial charge in [-0.3, -0.25) is 9.59 Å². The van der Waals surface area contributed by atoms with Crippen molar-refractivity contribution in [3.05, 3.63) is 88.5 Å². The number of benzene rings is 2. The van der Waals surface area contributed by atoms with Crippen LogP contribution in [0.15, 0.2) is 71.8 Å². The lowest BCUT2D eigenvalue weighted by atomic mass is 10.1. The molecular weight excluding hydrogens is 392 g/mol. The monoisotopic (exact) mass is 414 g/mol. The van der Waals surface area contributed by atoms with Crippen molar-refractivity contribution in [3.8, 4) is 11.3 Å². The number of aliphatic hydroxyl groups is 1. The third-order valence-corrected chi connectivity index (χ3v) is 5.74. The van der Waals surface area contributed by atoms with Crippen molar-refractivity contribution in [2.45, 2.75) is 26.0 Å². The number of aromatic nitrogens is 3. The highest BCUT2D eigenvalue weighted by atomic mass is 16.3. The maximum absolute atomic E-state index is 13.2. The fourth-order valence-corrected chi connectivity index (χ4v) is 4.15. The molecule has 7 nitrogen and oxygen atoms in total. The lowest BCUT2D eigenvalue weighted by molar-refractivity contribution is -0.117. The van der Waals surface area contributed by atoms with E-state index in [1.807, 2.05) is 54.6 Å². The van der Waals surface area contributed by atoms with Crippen LogP contribution in [0.5, 0.6) is 0 Å². The predicted octanol–water partition coefficient (Wildman–Crippen LogP) is 2.83. The van der Waals surface area contributed by atoms with Crippen LogP contribution in [0.4, 0.5) is 5.69 Å². The van der Waals surface area contributed by atoms with E-state index in [-0.39, 0.29) is 18.1 Å². The molecule has 1 aliphatic heterocycles. The van der Waals surface area contributed by atoms with E-state index in [2.05, 4.69) is 5.10 Å². The van der Waals surface area contributed by atoms with Gasteiger partial charge in [-0.05, 0) is 24.1 Å². The third-order valence-electron chi connectivity index (χ3n) is 5.74. The number of carbonyl (C=O) groups excluding carboxylic acids is 1. The van der Waals surface area contributed by atoms with Gasteiger partial charge >= 0.3 is 0 Å². The summed E-state index contributed by atoms with van der Waals surface area (Å²) in [7, 11) is 0. The predicted molar refractivity (Wildman–Crippen MR) is 118 cm³/mol. The van der Waals surface area contributed by atoms with Crippen molar-refractivity contribution in [1.29, 1.82) is 0 Å². The van der Waals surface area contributed by atoms with E-state index in [1.54, 1.807) is 21.9 Å². The van der Waals surface area contributed by atoms with Crippen molar-refractivity contribution in [3.63, 3.8) is 0 Å². The van der Waals surface area contributed by atoms with Crippen molar-refractivity contribution in [1.82, 2.24) is 14.2 Å². The second-order valence-electron chi connectivity index (χ2n) is 7.69. The molecule has 2 aromatic carbocycles. The molecule has 1 N–H and O–H groups in total. The van der Waals surface area contributed by atoms with Crippen LogP contribution in [-0.2, 0) is 17.9 Å². The molecule has 0 saturated carbocycles. The number of anilines is 1. The van der Waals surface area contributed by atoms with Crippen LogP contribution in [0.1, 0.15) is 24.0 Å². The molecule has 1 saturated heterocycles. The van der Waals surface area contributed by atoms with Gasteiger partial charge in [0, 0.05) is 42.2 Å². The Kier molecular flexibility index (Phi) is 4.88. The molecule has 4 aromatic rings. The number of hydrogen-bond donors (Lipinski definition) is 1. The fourth-order valence-electron chi connectivity index (χ4n) is 4.15. The lowest BCUT2D eigenvalue weighted by Crippen LogP contribution is -2.24. The number of aliphatic hydroxyl groups excluding tert-OH is 1. The number of carbonyl (C=O) groups is 1. The molecule has 7 heteroatoms. The summed E-state index contributed by atoms with van der Waals surface area (Å²) in [6, 6.07) is 17.3. The standard InChI is InChI=1S/C24H22N4O3/c29-16-20-22(18-5-2-1-3-6-18)25-28-14-13-26(24(31)23(20)28)15-17-8-10-19(11-9-17)27-12-4-7-21(27)30/h1-3,5-6,8-11,13-14,29H,4,7,12,15-16H2. The summed E-state index contributed by atoms with van der Waals surface area (Å²) in [5.74, 6) is 0.154. The highest BCUT2D eigenvalue weighted by Gasteiger charge is 2.21. The van der Waals surface area contributed by atoms with Gasteiger partial charge in [0.05, 0.1) is 18.8 Å².